The van der Waals surface area contributed by atoms with Crippen LogP contribution in [0.25, 0.3) is 0 Å². The van der Waals surface area contributed by atoms with Gasteiger partial charge in [0.2, 0.25) is 6.41 Å². The number of carbonyl (C=O) groups excluding carboxylic acids is 3. The van der Waals surface area contributed by atoms with Crippen molar-refractivity contribution >= 4 is 24.0 Å². The van der Waals surface area contributed by atoms with E-state index in [-0.39, 0.29) is 34.5 Å². The van der Waals surface area contributed by atoms with Crippen molar-refractivity contribution in [1.29, 1.82) is 0 Å². The highest BCUT2D eigenvalue weighted by atomic mass is 16.5. The molecule has 0 aromatic heterocycles. The molecule has 0 aromatic rings. The van der Waals surface area contributed by atoms with Gasteiger partial charge in [0, 0.05) is 12.0 Å². The van der Waals surface area contributed by atoms with Gasteiger partial charge in [0.1, 0.15) is 17.9 Å². The third-order valence-electron chi connectivity index (χ3n) is 7.31. The first-order chi connectivity index (χ1) is 11.7. The maximum atomic E-state index is 12.8. The Hall–Kier alpha value is -1.72. The lowest BCUT2D eigenvalue weighted by Crippen LogP contribution is -2.46. The van der Waals surface area contributed by atoms with Gasteiger partial charge in [-0.3, -0.25) is 9.59 Å². The fourth-order valence-corrected chi connectivity index (χ4v) is 5.12. The molecule has 6 nitrogen and oxygen atoms in total. The van der Waals surface area contributed by atoms with Gasteiger partial charge in [-0.1, -0.05) is 20.8 Å². The average molecular weight is 348 g/mol. The van der Waals surface area contributed by atoms with Gasteiger partial charge < -0.3 is 9.64 Å². The lowest BCUT2D eigenvalue weighted by molar-refractivity contribution is -0.163. The van der Waals surface area contributed by atoms with E-state index in [0.29, 0.717) is 25.3 Å². The van der Waals surface area contributed by atoms with E-state index in [2.05, 4.69) is 25.8 Å². The van der Waals surface area contributed by atoms with Crippen molar-refractivity contribution in [3.63, 3.8) is 0 Å². The Bertz CT molecular complexity index is 627. The summed E-state index contributed by atoms with van der Waals surface area (Å²) in [6.07, 6.45) is 4.85. The number of amides is 2. The van der Waals surface area contributed by atoms with Crippen molar-refractivity contribution in [2.24, 2.45) is 21.7 Å². The number of hydrogen-bond acceptors (Lipinski definition) is 4. The van der Waals surface area contributed by atoms with Crippen LogP contribution in [0.2, 0.25) is 0 Å². The van der Waals surface area contributed by atoms with E-state index in [0.717, 1.165) is 19.3 Å². The molecule has 0 spiro atoms. The minimum absolute atomic E-state index is 0.00959. The van der Waals surface area contributed by atoms with Gasteiger partial charge in [0.25, 0.3) is 5.91 Å². The summed E-state index contributed by atoms with van der Waals surface area (Å²) in [5, 5.41) is 0. The fourth-order valence-electron chi connectivity index (χ4n) is 5.12. The normalized spacial score (nSPS) is 36.6. The van der Waals surface area contributed by atoms with Crippen molar-refractivity contribution in [2.75, 3.05) is 6.54 Å². The Morgan fingerprint density at radius 2 is 1.96 bits per heavy atom. The summed E-state index contributed by atoms with van der Waals surface area (Å²) >= 11 is 0. The Morgan fingerprint density at radius 3 is 2.52 bits per heavy atom. The van der Waals surface area contributed by atoms with E-state index in [1.54, 1.807) is 0 Å². The third-order valence-corrected chi connectivity index (χ3v) is 7.31. The first kappa shape index (κ1) is 18.1. The van der Waals surface area contributed by atoms with Crippen LogP contribution in [0.1, 0.15) is 59.8 Å². The molecule has 25 heavy (non-hydrogen) atoms. The van der Waals surface area contributed by atoms with Crippen LogP contribution in [0.4, 0.5) is 0 Å². The lowest BCUT2D eigenvalue weighted by Gasteiger charge is -2.39. The van der Waals surface area contributed by atoms with Crippen LogP contribution in [-0.2, 0) is 19.1 Å². The minimum atomic E-state index is -0.560. The van der Waals surface area contributed by atoms with Crippen LogP contribution in [-0.4, -0.2) is 47.6 Å². The summed E-state index contributed by atoms with van der Waals surface area (Å²) < 4.78 is 5.95. The van der Waals surface area contributed by atoms with E-state index in [4.69, 9.17) is 4.74 Å². The van der Waals surface area contributed by atoms with Gasteiger partial charge in [-0.25, -0.2) is 9.79 Å². The fraction of sp³-hybridized carbons (Fsp3) is 0.789. The largest absolute Gasteiger partial charge is 0.460 e. The van der Waals surface area contributed by atoms with Crippen LogP contribution >= 0.6 is 0 Å². The number of ether oxygens (including phenoxy) is 1. The molecule has 2 bridgehead atoms. The van der Waals surface area contributed by atoms with Crippen LogP contribution in [0.3, 0.4) is 0 Å². The van der Waals surface area contributed by atoms with Crippen molar-refractivity contribution in [3.8, 4) is 0 Å². The molecule has 0 aromatic carbocycles. The number of likely N-dealkylation sites (tertiary alicyclic amines) is 1. The molecule has 1 heterocycles. The second-order valence-corrected chi connectivity index (χ2v) is 8.51. The SMILES string of the molecule is CC(=NC=O)C(=O)N1CCCC1C(=O)OC1CC2CCC1(C)C2(C)C. The van der Waals surface area contributed by atoms with E-state index < -0.39 is 6.04 Å². The average Bonchev–Trinajstić information content (AvgIpc) is 3.17. The van der Waals surface area contributed by atoms with Crippen molar-refractivity contribution in [3.05, 3.63) is 0 Å². The Labute approximate surface area is 149 Å². The van der Waals surface area contributed by atoms with Gasteiger partial charge in [-0.15, -0.1) is 0 Å². The van der Waals surface area contributed by atoms with Crippen molar-refractivity contribution in [1.82, 2.24) is 4.90 Å². The molecule has 1 aliphatic heterocycles. The summed E-state index contributed by atoms with van der Waals surface area (Å²) in [4.78, 5) is 40.7. The van der Waals surface area contributed by atoms with Crippen LogP contribution < -0.4 is 0 Å². The maximum absolute atomic E-state index is 12.8. The molecule has 2 aliphatic carbocycles. The molecular formula is C19H28N2O4. The predicted octanol–water partition coefficient (Wildman–Crippen LogP) is 2.35. The first-order valence-corrected chi connectivity index (χ1v) is 9.22. The Morgan fingerprint density at radius 1 is 1.24 bits per heavy atom. The van der Waals surface area contributed by atoms with E-state index >= 15 is 0 Å². The van der Waals surface area contributed by atoms with Crippen LogP contribution in [0, 0.1) is 16.7 Å². The second kappa shape index (κ2) is 6.22. The summed E-state index contributed by atoms with van der Waals surface area (Å²) in [5.41, 5.74) is 0.300. The molecule has 1 saturated heterocycles. The third kappa shape index (κ3) is 2.70. The lowest BCUT2D eigenvalue weighted by atomic mass is 9.70. The maximum Gasteiger partial charge on any atom is 0.329 e. The summed E-state index contributed by atoms with van der Waals surface area (Å²) in [6, 6.07) is -0.560. The summed E-state index contributed by atoms with van der Waals surface area (Å²) in [6.45, 7) is 8.79. The Kier molecular flexibility index (Phi) is 4.50. The number of carbonyl (C=O) groups is 3. The number of fused-ring (bicyclic) bond motifs is 2. The molecule has 6 heteroatoms. The number of aliphatic imine (C=N–C) groups is 1. The molecular weight excluding hydrogens is 320 g/mol. The molecule has 4 atom stereocenters. The zero-order chi connectivity index (χ0) is 18.4. The zero-order valence-electron chi connectivity index (χ0n) is 15.6. The molecule has 2 saturated carbocycles. The van der Waals surface area contributed by atoms with E-state index in [1.807, 2.05) is 0 Å². The first-order valence-electron chi connectivity index (χ1n) is 9.22. The number of hydrogen-bond donors (Lipinski definition) is 0. The monoisotopic (exact) mass is 348 g/mol. The standard InChI is InChI=1S/C19H28N2O4/c1-12(20-11-22)16(23)21-9-5-6-14(21)17(24)25-15-10-13-7-8-19(15,4)18(13,2)3/h11,13-15H,5-10H2,1-4H3. The molecule has 3 aliphatic rings. The highest BCUT2D eigenvalue weighted by Gasteiger charge is 2.63. The number of rotatable bonds is 4. The highest BCUT2D eigenvalue weighted by molar-refractivity contribution is 6.39. The minimum Gasteiger partial charge on any atom is -0.460 e. The smallest absolute Gasteiger partial charge is 0.329 e. The quantitative estimate of drug-likeness (QED) is 0.444. The predicted molar refractivity (Wildman–Crippen MR) is 93.0 cm³/mol. The summed E-state index contributed by atoms with van der Waals surface area (Å²) in [7, 11) is 0. The summed E-state index contributed by atoms with van der Waals surface area (Å²) in [5.74, 6) is -0.0658. The van der Waals surface area contributed by atoms with Crippen LogP contribution in [0.5, 0.6) is 0 Å². The van der Waals surface area contributed by atoms with Gasteiger partial charge in [0.05, 0.1) is 0 Å². The van der Waals surface area contributed by atoms with Crippen molar-refractivity contribution < 1.29 is 19.1 Å². The van der Waals surface area contributed by atoms with E-state index in [1.165, 1.54) is 18.2 Å². The van der Waals surface area contributed by atoms with E-state index in [9.17, 15) is 14.4 Å². The molecule has 138 valence electrons. The highest BCUT2D eigenvalue weighted by Crippen LogP contribution is 2.66. The van der Waals surface area contributed by atoms with Crippen LogP contribution in [0.15, 0.2) is 4.99 Å². The van der Waals surface area contributed by atoms with Gasteiger partial charge in [0.15, 0.2) is 0 Å². The van der Waals surface area contributed by atoms with Crippen molar-refractivity contribution in [2.45, 2.75) is 71.9 Å². The van der Waals surface area contributed by atoms with Gasteiger partial charge >= 0.3 is 5.97 Å². The topological polar surface area (TPSA) is 76.0 Å². The Balaban J connectivity index is 1.70. The molecule has 4 unspecified atom stereocenters. The molecule has 2 amide bonds. The molecule has 0 N–H and O–H groups in total. The molecule has 3 fully saturated rings. The van der Waals surface area contributed by atoms with Gasteiger partial charge in [-0.2, -0.15) is 0 Å². The zero-order valence-corrected chi connectivity index (χ0v) is 15.6. The molecule has 3 rings (SSSR count). The number of esters is 1. The second-order valence-electron chi connectivity index (χ2n) is 8.51. The molecule has 0 radical (unpaired) electrons. The van der Waals surface area contributed by atoms with Gasteiger partial charge in [-0.05, 0) is 50.4 Å². The number of nitrogens with zero attached hydrogens (tertiary/aromatic N) is 2.